The lowest BCUT2D eigenvalue weighted by molar-refractivity contribution is -0.143. The molecule has 1 saturated carbocycles. The maximum atomic E-state index is 13.4. The van der Waals surface area contributed by atoms with Crippen molar-refractivity contribution in [3.05, 3.63) is 74.4 Å². The number of rotatable bonds is 8. The second kappa shape index (κ2) is 11.4. The van der Waals surface area contributed by atoms with Crippen LogP contribution >= 0.6 is 34.8 Å². The number of aromatic nitrogens is 2. The van der Waals surface area contributed by atoms with Gasteiger partial charge in [-0.1, -0.05) is 72.3 Å². The number of carbonyl (C=O) groups is 2. The first-order valence-corrected chi connectivity index (χ1v) is 12.4. The lowest BCUT2D eigenvalue weighted by atomic mass is 9.94. The van der Waals surface area contributed by atoms with Gasteiger partial charge < -0.3 is 15.2 Å². The molecule has 1 unspecified atom stereocenters. The zero-order valence-electron chi connectivity index (χ0n) is 18.7. The Morgan fingerprint density at radius 3 is 2.40 bits per heavy atom. The minimum atomic E-state index is -1.16. The van der Waals surface area contributed by atoms with Crippen LogP contribution in [0.1, 0.15) is 59.8 Å². The van der Waals surface area contributed by atoms with E-state index in [0.29, 0.717) is 32.4 Å². The van der Waals surface area contributed by atoms with Gasteiger partial charge in [0.2, 0.25) is 0 Å². The van der Waals surface area contributed by atoms with Crippen molar-refractivity contribution in [2.24, 2.45) is 0 Å². The molecule has 4 rings (SSSR count). The summed E-state index contributed by atoms with van der Waals surface area (Å²) in [6, 6.07) is 11.8. The highest BCUT2D eigenvalue weighted by molar-refractivity contribution is 6.35. The molecule has 2 aromatic carbocycles. The Hall–Kier alpha value is -2.58. The van der Waals surface area contributed by atoms with Gasteiger partial charge in [0.25, 0.3) is 5.91 Å². The minimum Gasteiger partial charge on any atom is -0.480 e. The van der Waals surface area contributed by atoms with Crippen molar-refractivity contribution in [2.45, 2.75) is 44.2 Å². The maximum Gasteiger partial charge on any atom is 0.329 e. The fraction of sp³-hybridized carbons (Fsp3) is 0.320. The second-order valence-electron chi connectivity index (χ2n) is 8.43. The number of nitrogens with one attached hydrogen (secondary N) is 2. The van der Waals surface area contributed by atoms with Crippen molar-refractivity contribution in [3.63, 3.8) is 0 Å². The molecule has 1 aliphatic carbocycles. The van der Waals surface area contributed by atoms with E-state index >= 15 is 0 Å². The topological polar surface area (TPSA) is 104 Å². The molecule has 0 saturated heterocycles. The van der Waals surface area contributed by atoms with Gasteiger partial charge in [-0.05, 0) is 37.1 Å². The number of carboxylic acid groups (broad SMARTS) is 1. The summed E-state index contributed by atoms with van der Waals surface area (Å²) in [5.74, 6) is -1.50. The lowest BCUT2D eigenvalue weighted by Gasteiger charge is -2.24. The van der Waals surface area contributed by atoms with Crippen molar-refractivity contribution in [2.75, 3.05) is 6.61 Å². The molecule has 0 radical (unpaired) electrons. The Bertz CT molecular complexity index is 1210. The molecule has 0 bridgehead atoms. The molecule has 1 aromatic heterocycles. The lowest BCUT2D eigenvalue weighted by Crippen LogP contribution is -2.37. The van der Waals surface area contributed by atoms with Gasteiger partial charge in [-0.15, -0.1) is 0 Å². The van der Waals surface area contributed by atoms with Crippen LogP contribution in [0.2, 0.25) is 15.1 Å². The van der Waals surface area contributed by atoms with Crippen molar-refractivity contribution in [1.29, 1.82) is 0 Å². The molecular weight excluding hydrogens is 513 g/mol. The zero-order chi connectivity index (χ0) is 24.9. The summed E-state index contributed by atoms with van der Waals surface area (Å²) >= 11 is 18.7. The van der Waals surface area contributed by atoms with Crippen LogP contribution in [0.4, 0.5) is 0 Å². The number of benzene rings is 2. The molecule has 3 aromatic rings. The van der Waals surface area contributed by atoms with Gasteiger partial charge in [0.05, 0.1) is 5.69 Å². The molecular formula is C25H24Cl3N3O4. The van der Waals surface area contributed by atoms with Crippen LogP contribution < -0.4 is 5.32 Å². The largest absolute Gasteiger partial charge is 0.480 e. The van der Waals surface area contributed by atoms with Gasteiger partial charge in [0, 0.05) is 37.8 Å². The first-order chi connectivity index (χ1) is 16.8. The monoisotopic (exact) mass is 535 g/mol. The van der Waals surface area contributed by atoms with E-state index < -0.39 is 18.7 Å². The molecule has 3 N–H and O–H groups in total. The van der Waals surface area contributed by atoms with E-state index in [-0.39, 0.29) is 22.7 Å². The number of hydrogen-bond acceptors (Lipinski definition) is 4. The van der Waals surface area contributed by atoms with Crippen LogP contribution in [-0.4, -0.2) is 39.8 Å². The summed E-state index contributed by atoms with van der Waals surface area (Å²) in [4.78, 5) is 24.8. The highest BCUT2D eigenvalue weighted by atomic mass is 35.5. The molecule has 1 fully saturated rings. The molecule has 1 amide bonds. The summed E-state index contributed by atoms with van der Waals surface area (Å²) < 4.78 is 5.83. The fourth-order valence-corrected chi connectivity index (χ4v) is 4.94. The third-order valence-corrected chi connectivity index (χ3v) is 6.78. The van der Waals surface area contributed by atoms with E-state index in [4.69, 9.17) is 39.5 Å². The average Bonchev–Trinajstić information content (AvgIpc) is 3.26. The van der Waals surface area contributed by atoms with Crippen LogP contribution in [0, 0.1) is 0 Å². The Balaban J connectivity index is 1.83. The average molecular weight is 537 g/mol. The second-order valence-corrected chi connectivity index (χ2v) is 9.71. The molecule has 184 valence electrons. The summed E-state index contributed by atoms with van der Waals surface area (Å²) in [7, 11) is 0. The molecule has 1 atom stereocenters. The van der Waals surface area contributed by atoms with E-state index in [9.17, 15) is 14.7 Å². The molecule has 0 spiro atoms. The van der Waals surface area contributed by atoms with E-state index in [0.717, 1.165) is 32.1 Å². The quantitative estimate of drug-likeness (QED) is 0.314. The van der Waals surface area contributed by atoms with Crippen molar-refractivity contribution in [1.82, 2.24) is 15.5 Å². The first kappa shape index (κ1) is 25.5. The summed E-state index contributed by atoms with van der Waals surface area (Å²) in [6.07, 6.45) is 4.07. The number of carbonyl (C=O) groups excluding carboxylic acids is 1. The van der Waals surface area contributed by atoms with Crippen LogP contribution in [0.25, 0.3) is 11.3 Å². The predicted molar refractivity (Wildman–Crippen MR) is 135 cm³/mol. The number of H-pyrrole nitrogens is 1. The molecule has 1 heterocycles. The molecule has 35 heavy (non-hydrogen) atoms. The highest BCUT2D eigenvalue weighted by Crippen LogP contribution is 2.39. The van der Waals surface area contributed by atoms with Gasteiger partial charge in [-0.25, -0.2) is 4.79 Å². The standard InChI is InChI=1S/C25H24Cl3N3O4/c26-15-8-6-14(7-9-15)22-21(23(31-30-22)25(34)29-17-4-2-1-3-5-17)24(35-13-20(32)33)18-11-10-16(27)12-19(18)28/h6-12,17,24H,1-5,13H2,(H,29,34)(H,30,31)(H,32,33). The van der Waals surface area contributed by atoms with Crippen LogP contribution in [-0.2, 0) is 9.53 Å². The first-order valence-electron chi connectivity index (χ1n) is 11.3. The van der Waals surface area contributed by atoms with Gasteiger partial charge in [-0.2, -0.15) is 5.10 Å². The number of aromatic amines is 1. The van der Waals surface area contributed by atoms with Crippen LogP contribution in [0.15, 0.2) is 42.5 Å². The number of hydrogen-bond donors (Lipinski definition) is 3. The van der Waals surface area contributed by atoms with Crippen molar-refractivity contribution >= 4 is 46.7 Å². The van der Waals surface area contributed by atoms with Gasteiger partial charge in [0.15, 0.2) is 0 Å². The minimum absolute atomic E-state index is 0.0592. The van der Waals surface area contributed by atoms with Crippen LogP contribution in [0.5, 0.6) is 0 Å². The van der Waals surface area contributed by atoms with E-state index in [1.54, 1.807) is 42.5 Å². The number of amides is 1. The number of aliphatic carboxylic acids is 1. The SMILES string of the molecule is O=C(O)COC(c1ccc(Cl)cc1Cl)c1c(-c2ccc(Cl)cc2)n[nH]c1C(=O)NC1CCCCC1. The van der Waals surface area contributed by atoms with Crippen LogP contribution in [0.3, 0.4) is 0 Å². The number of carboxylic acids is 1. The summed E-state index contributed by atoms with van der Waals surface area (Å²) in [5.41, 5.74) is 2.12. The zero-order valence-corrected chi connectivity index (χ0v) is 21.0. The fourth-order valence-electron chi connectivity index (χ4n) is 4.31. The summed E-state index contributed by atoms with van der Waals surface area (Å²) in [5, 5.41) is 20.9. The van der Waals surface area contributed by atoms with E-state index in [1.807, 2.05) is 0 Å². The Labute approximate surface area is 217 Å². The molecule has 7 nitrogen and oxygen atoms in total. The Morgan fingerprint density at radius 1 is 1.06 bits per heavy atom. The summed E-state index contributed by atoms with van der Waals surface area (Å²) in [6.45, 7) is -0.613. The van der Waals surface area contributed by atoms with E-state index in [2.05, 4.69) is 15.5 Å². The van der Waals surface area contributed by atoms with Crippen molar-refractivity contribution < 1.29 is 19.4 Å². The number of nitrogens with zero attached hydrogens (tertiary/aromatic N) is 1. The maximum absolute atomic E-state index is 13.4. The molecule has 0 aliphatic heterocycles. The molecule has 10 heteroatoms. The Morgan fingerprint density at radius 2 is 1.74 bits per heavy atom. The highest BCUT2D eigenvalue weighted by Gasteiger charge is 2.31. The van der Waals surface area contributed by atoms with Gasteiger partial charge in [0.1, 0.15) is 18.4 Å². The third kappa shape index (κ3) is 6.16. The predicted octanol–water partition coefficient (Wildman–Crippen LogP) is 6.29. The smallest absolute Gasteiger partial charge is 0.329 e. The third-order valence-electron chi connectivity index (χ3n) is 5.97. The molecule has 1 aliphatic rings. The van der Waals surface area contributed by atoms with Gasteiger partial charge >= 0.3 is 5.97 Å². The van der Waals surface area contributed by atoms with Crippen molar-refractivity contribution in [3.8, 4) is 11.3 Å². The Kier molecular flexibility index (Phi) is 8.34. The van der Waals surface area contributed by atoms with E-state index in [1.165, 1.54) is 0 Å². The number of ether oxygens (including phenoxy) is 1. The number of halogens is 3. The van der Waals surface area contributed by atoms with Gasteiger partial charge in [-0.3, -0.25) is 9.89 Å². The normalized spacial score (nSPS) is 15.1.